The maximum Gasteiger partial charge on any atom is 0.275 e. The molecule has 18 heavy (non-hydrogen) atoms. The molecule has 0 aromatic heterocycles. The first-order valence-electron chi connectivity index (χ1n) is 5.63. The van der Waals surface area contributed by atoms with Gasteiger partial charge in [-0.25, -0.2) is 8.78 Å². The fraction of sp³-hybridized carbons (Fsp3) is 0.455. The van der Waals surface area contributed by atoms with Crippen LogP contribution >= 0.6 is 0 Å². The molecule has 98 valence electrons. The molecule has 1 aliphatic heterocycles. The van der Waals surface area contributed by atoms with Crippen LogP contribution in [-0.4, -0.2) is 24.1 Å². The van der Waals surface area contributed by atoms with Gasteiger partial charge in [0, 0.05) is 19.1 Å². The zero-order valence-corrected chi connectivity index (χ0v) is 9.60. The van der Waals surface area contributed by atoms with Gasteiger partial charge in [0.2, 0.25) is 0 Å². The molecular weight excluding hydrogens is 244 g/mol. The van der Waals surface area contributed by atoms with E-state index in [2.05, 4.69) is 0 Å². The number of non-ortho nitro benzene ring substituents is 1. The van der Waals surface area contributed by atoms with E-state index in [1.807, 2.05) is 0 Å². The van der Waals surface area contributed by atoms with Gasteiger partial charge in [0.25, 0.3) is 5.69 Å². The van der Waals surface area contributed by atoms with Crippen LogP contribution in [0.1, 0.15) is 12.8 Å². The molecule has 7 heteroatoms. The van der Waals surface area contributed by atoms with E-state index < -0.39 is 22.2 Å². The van der Waals surface area contributed by atoms with Crippen molar-refractivity contribution in [1.82, 2.24) is 0 Å². The van der Waals surface area contributed by atoms with Crippen LogP contribution in [0.2, 0.25) is 0 Å². The van der Waals surface area contributed by atoms with E-state index in [1.54, 1.807) is 0 Å². The molecule has 0 radical (unpaired) electrons. The zero-order chi connectivity index (χ0) is 13.3. The van der Waals surface area contributed by atoms with Crippen molar-refractivity contribution in [2.75, 3.05) is 18.0 Å². The second-order valence-electron chi connectivity index (χ2n) is 4.36. The van der Waals surface area contributed by atoms with Gasteiger partial charge in [-0.2, -0.15) is 0 Å². The Morgan fingerprint density at radius 2 is 2.00 bits per heavy atom. The minimum atomic E-state index is -0.921. The molecule has 0 bridgehead atoms. The summed E-state index contributed by atoms with van der Waals surface area (Å²) in [5, 5.41) is 10.5. The van der Waals surface area contributed by atoms with Crippen LogP contribution in [0, 0.1) is 21.7 Å². The zero-order valence-electron chi connectivity index (χ0n) is 9.60. The lowest BCUT2D eigenvalue weighted by atomic mass is 10.1. The normalized spacial score (nSPS) is 19.9. The molecule has 0 aliphatic carbocycles. The van der Waals surface area contributed by atoms with Gasteiger partial charge < -0.3 is 10.6 Å². The van der Waals surface area contributed by atoms with Gasteiger partial charge in [-0.05, 0) is 12.8 Å². The molecule has 2 rings (SSSR count). The average Bonchev–Trinajstić information content (AvgIpc) is 2.27. The van der Waals surface area contributed by atoms with Crippen molar-refractivity contribution in [3.05, 3.63) is 33.9 Å². The number of rotatable bonds is 2. The van der Waals surface area contributed by atoms with Crippen LogP contribution in [0.3, 0.4) is 0 Å². The molecule has 1 saturated heterocycles. The molecule has 1 aromatic carbocycles. The molecule has 5 nitrogen and oxygen atoms in total. The molecule has 1 heterocycles. The molecule has 0 amide bonds. The van der Waals surface area contributed by atoms with E-state index in [-0.39, 0.29) is 11.7 Å². The Bertz CT molecular complexity index is 458. The van der Waals surface area contributed by atoms with Crippen LogP contribution in [0.15, 0.2) is 12.1 Å². The van der Waals surface area contributed by atoms with Crippen molar-refractivity contribution in [2.45, 2.75) is 18.9 Å². The topological polar surface area (TPSA) is 72.4 Å². The Morgan fingerprint density at radius 3 is 2.50 bits per heavy atom. The summed E-state index contributed by atoms with van der Waals surface area (Å²) < 4.78 is 27.5. The lowest BCUT2D eigenvalue weighted by Gasteiger charge is -2.32. The number of nitro groups is 1. The first kappa shape index (κ1) is 12.7. The SMILES string of the molecule is N[C@@H]1CCCN(c2c(F)cc([N+](=O)[O-])cc2F)C1. The number of piperidine rings is 1. The van der Waals surface area contributed by atoms with Crippen LogP contribution in [0.4, 0.5) is 20.2 Å². The average molecular weight is 257 g/mol. The summed E-state index contributed by atoms with van der Waals surface area (Å²) in [6.45, 7) is 0.852. The van der Waals surface area contributed by atoms with Gasteiger partial charge in [0.15, 0.2) is 11.6 Å². The number of hydrogen-bond donors (Lipinski definition) is 1. The third-order valence-electron chi connectivity index (χ3n) is 2.99. The van der Waals surface area contributed by atoms with Crippen LogP contribution in [0.5, 0.6) is 0 Å². The fourth-order valence-corrected chi connectivity index (χ4v) is 2.17. The highest BCUT2D eigenvalue weighted by molar-refractivity contribution is 5.54. The van der Waals surface area contributed by atoms with Gasteiger partial charge in [-0.3, -0.25) is 10.1 Å². The Balaban J connectivity index is 2.36. The molecule has 0 spiro atoms. The van der Waals surface area contributed by atoms with E-state index in [0.717, 1.165) is 25.0 Å². The lowest BCUT2D eigenvalue weighted by Crippen LogP contribution is -2.43. The van der Waals surface area contributed by atoms with E-state index in [1.165, 1.54) is 4.90 Å². The van der Waals surface area contributed by atoms with E-state index in [9.17, 15) is 18.9 Å². The number of hydrogen-bond acceptors (Lipinski definition) is 4. The molecule has 0 unspecified atom stereocenters. The summed E-state index contributed by atoms with van der Waals surface area (Å²) in [4.78, 5) is 11.2. The summed E-state index contributed by atoms with van der Waals surface area (Å²) in [5.74, 6) is -1.84. The minimum Gasteiger partial charge on any atom is -0.365 e. The third-order valence-corrected chi connectivity index (χ3v) is 2.99. The van der Waals surface area contributed by atoms with E-state index >= 15 is 0 Å². The largest absolute Gasteiger partial charge is 0.365 e. The predicted molar refractivity (Wildman–Crippen MR) is 62.4 cm³/mol. The molecule has 1 fully saturated rings. The Morgan fingerprint density at radius 1 is 1.39 bits per heavy atom. The van der Waals surface area contributed by atoms with Crippen LogP contribution < -0.4 is 10.6 Å². The monoisotopic (exact) mass is 257 g/mol. The highest BCUT2D eigenvalue weighted by Crippen LogP contribution is 2.29. The van der Waals surface area contributed by atoms with Gasteiger partial charge in [0.1, 0.15) is 5.69 Å². The van der Waals surface area contributed by atoms with Crippen molar-refractivity contribution >= 4 is 11.4 Å². The Hall–Kier alpha value is -1.76. The number of halogens is 2. The maximum absolute atomic E-state index is 13.8. The first-order valence-corrected chi connectivity index (χ1v) is 5.63. The number of anilines is 1. The number of benzene rings is 1. The molecule has 1 atom stereocenters. The minimum absolute atomic E-state index is 0.132. The predicted octanol–water partition coefficient (Wildman–Crippen LogP) is 1.80. The molecule has 1 aromatic rings. The van der Waals surface area contributed by atoms with Crippen LogP contribution in [0.25, 0.3) is 0 Å². The maximum atomic E-state index is 13.8. The highest BCUT2D eigenvalue weighted by atomic mass is 19.1. The lowest BCUT2D eigenvalue weighted by molar-refractivity contribution is -0.385. The Kier molecular flexibility index (Phi) is 3.42. The van der Waals surface area contributed by atoms with Gasteiger partial charge in [-0.15, -0.1) is 0 Å². The molecular formula is C11H13F2N3O2. The van der Waals surface area contributed by atoms with Gasteiger partial charge >= 0.3 is 0 Å². The second kappa shape index (κ2) is 4.85. The summed E-state index contributed by atoms with van der Waals surface area (Å²) >= 11 is 0. The van der Waals surface area contributed by atoms with Gasteiger partial charge in [-0.1, -0.05) is 0 Å². The van der Waals surface area contributed by atoms with E-state index in [0.29, 0.717) is 13.1 Å². The van der Waals surface area contributed by atoms with Crippen LogP contribution in [-0.2, 0) is 0 Å². The quantitative estimate of drug-likeness (QED) is 0.647. The smallest absolute Gasteiger partial charge is 0.275 e. The number of nitrogens with zero attached hydrogens (tertiary/aromatic N) is 2. The number of nitrogens with two attached hydrogens (primary N) is 1. The summed E-state index contributed by atoms with van der Waals surface area (Å²) in [5.41, 5.74) is 4.93. The van der Waals surface area contributed by atoms with Crippen molar-refractivity contribution in [1.29, 1.82) is 0 Å². The standard InChI is InChI=1S/C11H13F2N3O2/c12-9-4-8(16(17)18)5-10(13)11(9)15-3-1-2-7(14)6-15/h4-5,7H,1-3,6,14H2/t7-/m1/s1. The summed E-state index contributed by atoms with van der Waals surface area (Å²) in [6, 6.07) is 1.34. The molecule has 0 saturated carbocycles. The second-order valence-corrected chi connectivity index (χ2v) is 4.36. The molecule has 2 N–H and O–H groups in total. The Labute approximate surface area is 102 Å². The number of nitro benzene ring substituents is 1. The summed E-state index contributed by atoms with van der Waals surface area (Å²) in [7, 11) is 0. The van der Waals surface area contributed by atoms with Crippen molar-refractivity contribution in [2.24, 2.45) is 5.73 Å². The van der Waals surface area contributed by atoms with Crippen molar-refractivity contribution in [3.63, 3.8) is 0 Å². The van der Waals surface area contributed by atoms with E-state index in [4.69, 9.17) is 5.73 Å². The first-order chi connectivity index (χ1) is 8.49. The van der Waals surface area contributed by atoms with Crippen molar-refractivity contribution < 1.29 is 13.7 Å². The summed E-state index contributed by atoms with van der Waals surface area (Å²) in [6.07, 6.45) is 1.56. The highest BCUT2D eigenvalue weighted by Gasteiger charge is 2.25. The molecule has 1 aliphatic rings. The fourth-order valence-electron chi connectivity index (χ4n) is 2.17. The third kappa shape index (κ3) is 2.40. The van der Waals surface area contributed by atoms with Crippen molar-refractivity contribution in [3.8, 4) is 0 Å². The van der Waals surface area contributed by atoms with Gasteiger partial charge in [0.05, 0.1) is 17.1 Å².